The number of aliphatic hydroxyl groups excluding tert-OH is 1. The molecule has 1 fully saturated rings. The van der Waals surface area contributed by atoms with E-state index in [4.69, 9.17) is 4.74 Å². The third-order valence-corrected chi connectivity index (χ3v) is 7.87. The lowest BCUT2D eigenvalue weighted by atomic mass is 9.67. The zero-order chi connectivity index (χ0) is 23.0. The van der Waals surface area contributed by atoms with E-state index in [0.29, 0.717) is 18.4 Å². The number of aliphatic hydroxyl groups is 2. The molecule has 3 aliphatic rings. The summed E-state index contributed by atoms with van der Waals surface area (Å²) in [6, 6.07) is 4.17. The van der Waals surface area contributed by atoms with Crippen LogP contribution in [-0.4, -0.2) is 48.7 Å². The first-order valence-electron chi connectivity index (χ1n) is 9.86. The molecular weight excluding hydrogens is 427 g/mol. The van der Waals surface area contributed by atoms with Gasteiger partial charge >= 0.3 is 16.2 Å². The van der Waals surface area contributed by atoms with Crippen molar-refractivity contribution in [2.24, 2.45) is 10.8 Å². The topological polar surface area (TPSA) is 118 Å². The van der Waals surface area contributed by atoms with Gasteiger partial charge < -0.3 is 14.9 Å². The Kier molecular flexibility index (Phi) is 4.63. The second kappa shape index (κ2) is 6.57. The van der Waals surface area contributed by atoms with E-state index in [2.05, 4.69) is 0 Å². The molecule has 0 heterocycles. The molecule has 1 aromatic rings. The van der Waals surface area contributed by atoms with Crippen LogP contribution < -0.4 is 0 Å². The second-order valence-electron chi connectivity index (χ2n) is 9.03. The van der Waals surface area contributed by atoms with Crippen molar-refractivity contribution >= 4 is 22.0 Å². The van der Waals surface area contributed by atoms with Crippen molar-refractivity contribution in [1.82, 2.24) is 0 Å². The maximum absolute atomic E-state index is 13.0. The fraction of sp³-hybridized carbons (Fsp3) is 0.455. The van der Waals surface area contributed by atoms with E-state index in [0.717, 1.165) is 29.8 Å². The number of esters is 1. The monoisotopic (exact) mass is 450 g/mol. The Morgan fingerprint density at radius 1 is 1.23 bits per heavy atom. The van der Waals surface area contributed by atoms with Crippen LogP contribution in [0, 0.1) is 10.8 Å². The van der Waals surface area contributed by atoms with Gasteiger partial charge in [0.15, 0.2) is 5.78 Å². The van der Waals surface area contributed by atoms with Crippen LogP contribution in [0.2, 0.25) is 0 Å². The van der Waals surface area contributed by atoms with E-state index in [-0.39, 0.29) is 17.7 Å². The molecule has 31 heavy (non-hydrogen) atoms. The molecule has 0 saturated heterocycles. The summed E-state index contributed by atoms with van der Waals surface area (Å²) >= 11 is 0. The van der Waals surface area contributed by atoms with E-state index in [9.17, 15) is 32.1 Å². The van der Waals surface area contributed by atoms with Crippen LogP contribution in [0.1, 0.15) is 44.0 Å². The van der Waals surface area contributed by atoms with Crippen LogP contribution in [0.4, 0.5) is 3.89 Å². The molecule has 1 spiro atoms. The number of hydrogen-bond acceptors (Lipinski definition) is 7. The average molecular weight is 450 g/mol. The van der Waals surface area contributed by atoms with Gasteiger partial charge in [0.2, 0.25) is 0 Å². The predicted octanol–water partition coefficient (Wildman–Crippen LogP) is 2.24. The quantitative estimate of drug-likeness (QED) is 0.534. The summed E-state index contributed by atoms with van der Waals surface area (Å²) in [4.78, 5) is 24.8. The molecule has 2 N–H and O–H groups in total. The Morgan fingerprint density at radius 3 is 2.32 bits per heavy atom. The molecule has 0 amide bonds. The van der Waals surface area contributed by atoms with Gasteiger partial charge in [-0.1, -0.05) is 11.6 Å². The van der Waals surface area contributed by atoms with Crippen LogP contribution in [-0.2, 0) is 19.8 Å². The van der Waals surface area contributed by atoms with Gasteiger partial charge in [-0.25, -0.2) is 4.79 Å². The van der Waals surface area contributed by atoms with E-state index in [1.54, 1.807) is 13.0 Å². The lowest BCUT2D eigenvalue weighted by Gasteiger charge is -2.39. The molecule has 0 radical (unpaired) electrons. The molecule has 3 atom stereocenters. The largest absolute Gasteiger partial charge is 0.461 e. The molecule has 1 aromatic carbocycles. The molecule has 0 unspecified atom stereocenters. The number of hydrogen-bond donors (Lipinski definition) is 2. The minimum atomic E-state index is -4.87. The number of fused-ring (bicyclic) bond motifs is 1. The molecule has 166 valence electrons. The molecule has 0 aliphatic heterocycles. The number of Topliss-reactive ketones (excluding diaryl/α,β-unsaturated/α-hetero) is 1. The molecule has 0 bridgehead atoms. The number of benzene rings is 1. The molecule has 4 rings (SSSR count). The summed E-state index contributed by atoms with van der Waals surface area (Å²) in [5.74, 6) is -1.23. The minimum Gasteiger partial charge on any atom is -0.461 e. The van der Waals surface area contributed by atoms with Gasteiger partial charge in [-0.2, -0.15) is 8.42 Å². The van der Waals surface area contributed by atoms with Gasteiger partial charge in [0, 0.05) is 11.0 Å². The average Bonchev–Trinajstić information content (AvgIpc) is 3.47. The fourth-order valence-corrected chi connectivity index (χ4v) is 5.29. The molecule has 1 saturated carbocycles. The van der Waals surface area contributed by atoms with Crippen molar-refractivity contribution in [2.45, 2.75) is 50.2 Å². The van der Waals surface area contributed by atoms with Crippen molar-refractivity contribution in [2.75, 3.05) is 6.61 Å². The number of carbonyl (C=O) groups is 2. The lowest BCUT2D eigenvalue weighted by molar-refractivity contribution is -0.138. The standard InChI is InChI=1S/C22H23FO7S/c1-12-16-15(17(24)21(3,27)22(12)8-9-22)10-20(2,18(16)25)11-30-19(26)13-4-6-14(7-5-13)31(23,28)29/h4-7,10,18,25,27H,8-9,11H2,1-3H3/t18-,20+,21-/m1/s1. The third kappa shape index (κ3) is 3.09. The molecular formula is C22H23FO7S. The predicted molar refractivity (Wildman–Crippen MR) is 107 cm³/mol. The van der Waals surface area contributed by atoms with Gasteiger partial charge in [-0.3, -0.25) is 4.79 Å². The van der Waals surface area contributed by atoms with Gasteiger partial charge in [0.05, 0.1) is 22.0 Å². The Hall–Kier alpha value is -2.36. The highest BCUT2D eigenvalue weighted by molar-refractivity contribution is 7.86. The van der Waals surface area contributed by atoms with Gasteiger partial charge in [-0.15, -0.1) is 3.89 Å². The second-order valence-corrected chi connectivity index (χ2v) is 10.4. The number of ketones is 1. The Bertz CT molecular complexity index is 1160. The van der Waals surface area contributed by atoms with Gasteiger partial charge in [0.25, 0.3) is 0 Å². The first kappa shape index (κ1) is 21.9. The highest BCUT2D eigenvalue weighted by atomic mass is 32.3. The summed E-state index contributed by atoms with van der Waals surface area (Å²) in [6.45, 7) is 4.72. The fourth-order valence-electron chi connectivity index (χ4n) is 4.83. The summed E-state index contributed by atoms with van der Waals surface area (Å²) in [7, 11) is -4.87. The molecule has 0 aromatic heterocycles. The Morgan fingerprint density at radius 2 is 1.81 bits per heavy atom. The zero-order valence-electron chi connectivity index (χ0n) is 17.3. The number of rotatable bonds is 4. The van der Waals surface area contributed by atoms with E-state index < -0.39 is 49.4 Å². The van der Waals surface area contributed by atoms with E-state index in [1.807, 2.05) is 6.92 Å². The Balaban J connectivity index is 1.57. The number of halogens is 1. The van der Waals surface area contributed by atoms with Gasteiger partial charge in [0.1, 0.15) is 12.2 Å². The number of ether oxygens (including phenoxy) is 1. The van der Waals surface area contributed by atoms with Crippen LogP contribution in [0.3, 0.4) is 0 Å². The summed E-state index contributed by atoms with van der Waals surface area (Å²) in [5.41, 5.74) is -1.75. The van der Waals surface area contributed by atoms with Gasteiger partial charge in [-0.05, 0) is 63.5 Å². The molecule has 3 aliphatic carbocycles. The highest BCUT2D eigenvalue weighted by Gasteiger charge is 2.66. The SMILES string of the molecule is CC1=C2C(=C[C@@](C)(COC(=O)c3ccc(S(=O)(=O)F)cc3)[C@@H]2O)C(=O)[C@@](C)(O)C12CC2. The van der Waals surface area contributed by atoms with Crippen molar-refractivity contribution < 1.29 is 36.8 Å². The highest BCUT2D eigenvalue weighted by Crippen LogP contribution is 2.65. The van der Waals surface area contributed by atoms with Crippen molar-refractivity contribution in [3.8, 4) is 0 Å². The summed E-state index contributed by atoms with van der Waals surface area (Å²) < 4.78 is 40.1. The summed E-state index contributed by atoms with van der Waals surface area (Å²) in [6.07, 6.45) is 1.79. The maximum Gasteiger partial charge on any atom is 0.338 e. The Labute approximate surface area is 179 Å². The van der Waals surface area contributed by atoms with Crippen molar-refractivity contribution in [3.63, 3.8) is 0 Å². The van der Waals surface area contributed by atoms with Crippen LogP contribution in [0.5, 0.6) is 0 Å². The summed E-state index contributed by atoms with van der Waals surface area (Å²) in [5, 5.41) is 21.9. The molecule has 7 nitrogen and oxygen atoms in total. The first-order valence-corrected chi connectivity index (χ1v) is 11.2. The van der Waals surface area contributed by atoms with E-state index in [1.165, 1.54) is 6.92 Å². The van der Waals surface area contributed by atoms with Crippen LogP contribution in [0.15, 0.2) is 52.0 Å². The van der Waals surface area contributed by atoms with E-state index >= 15 is 0 Å². The van der Waals surface area contributed by atoms with Crippen LogP contribution in [0.25, 0.3) is 0 Å². The third-order valence-electron chi connectivity index (χ3n) is 7.04. The van der Waals surface area contributed by atoms with Crippen molar-refractivity contribution in [3.05, 3.63) is 52.6 Å². The number of carbonyl (C=O) groups excluding carboxylic acids is 2. The maximum atomic E-state index is 13.0. The minimum absolute atomic E-state index is 0.0138. The van der Waals surface area contributed by atoms with Crippen molar-refractivity contribution in [1.29, 1.82) is 0 Å². The zero-order valence-corrected chi connectivity index (χ0v) is 18.1. The lowest BCUT2D eigenvalue weighted by Crippen LogP contribution is -2.50. The smallest absolute Gasteiger partial charge is 0.338 e. The normalized spacial score (nSPS) is 31.5. The first-order chi connectivity index (χ1) is 14.2. The molecule has 9 heteroatoms. The van der Waals surface area contributed by atoms with Crippen LogP contribution >= 0.6 is 0 Å².